The normalized spacial score (nSPS) is 21.6. The van der Waals surface area contributed by atoms with Crippen LogP contribution in [0.25, 0.3) is 0 Å². The quantitative estimate of drug-likeness (QED) is 0.585. The summed E-state index contributed by atoms with van der Waals surface area (Å²) in [4.78, 5) is 37.1. The number of nitrogens with zero attached hydrogens (tertiary/aromatic N) is 1. The second-order valence-electron chi connectivity index (χ2n) is 7.09. The molecule has 0 saturated carbocycles. The Morgan fingerprint density at radius 2 is 2.07 bits per heavy atom. The molecule has 0 bridgehead atoms. The van der Waals surface area contributed by atoms with Gasteiger partial charge in [0.1, 0.15) is 0 Å². The summed E-state index contributed by atoms with van der Waals surface area (Å²) in [6, 6.07) is 6.57. The summed E-state index contributed by atoms with van der Waals surface area (Å²) in [6.07, 6.45) is 0.851. The van der Waals surface area contributed by atoms with E-state index in [2.05, 4.69) is 5.32 Å². The van der Waals surface area contributed by atoms with Crippen LogP contribution in [0.1, 0.15) is 41.5 Å². The lowest BCUT2D eigenvalue weighted by Crippen LogP contribution is -2.38. The number of ketones is 1. The van der Waals surface area contributed by atoms with Gasteiger partial charge in [-0.1, -0.05) is 6.07 Å². The van der Waals surface area contributed by atoms with Gasteiger partial charge >= 0.3 is 5.69 Å². The van der Waals surface area contributed by atoms with Gasteiger partial charge in [0.15, 0.2) is 11.5 Å². The van der Waals surface area contributed by atoms with Crippen LogP contribution in [0.2, 0.25) is 0 Å². The molecular formula is C20H18N2O6S. The van der Waals surface area contributed by atoms with E-state index in [-0.39, 0.29) is 29.8 Å². The third-order valence-corrected chi connectivity index (χ3v) is 6.41. The lowest BCUT2D eigenvalue weighted by atomic mass is 9.74. The van der Waals surface area contributed by atoms with E-state index in [0.29, 0.717) is 29.7 Å². The van der Waals surface area contributed by atoms with Crippen molar-refractivity contribution in [2.75, 3.05) is 7.11 Å². The summed E-state index contributed by atoms with van der Waals surface area (Å²) in [6.45, 7) is 0. The third kappa shape index (κ3) is 3.38. The van der Waals surface area contributed by atoms with Gasteiger partial charge in [0.25, 0.3) is 0 Å². The number of carbonyl (C=O) groups excluding carboxylic acids is 2. The molecular weight excluding hydrogens is 396 g/mol. The first-order valence-electron chi connectivity index (χ1n) is 9.03. The van der Waals surface area contributed by atoms with Crippen molar-refractivity contribution in [1.29, 1.82) is 0 Å². The Morgan fingerprint density at radius 3 is 2.72 bits per heavy atom. The number of nitro groups is 1. The van der Waals surface area contributed by atoms with Crippen LogP contribution >= 0.6 is 11.3 Å². The minimum atomic E-state index is -0.713. The van der Waals surface area contributed by atoms with Crippen LogP contribution < -0.4 is 10.1 Å². The highest BCUT2D eigenvalue weighted by atomic mass is 32.1. The highest BCUT2D eigenvalue weighted by molar-refractivity contribution is 7.10. The SMILES string of the molecule is COc1cc([C@@H]2CC(=O)NC3=C2C(=O)C[C@H](c2cccs2)C3)cc([N+](=O)[O-])c1O. The number of carbonyl (C=O) groups is 2. The molecule has 1 aromatic carbocycles. The van der Waals surface area contributed by atoms with Crippen LogP contribution in [0.4, 0.5) is 5.69 Å². The standard InChI is InChI=1S/C20H18N2O6S/c1-28-16-8-10(6-14(20(16)25)22(26)27)12-9-18(24)21-13-5-11(7-15(23)19(12)13)17-3-2-4-29-17/h2-4,6,8,11-12,25H,5,7,9H2,1H3,(H,21,24)/t11-,12+/m1/s1. The molecule has 150 valence electrons. The van der Waals surface area contributed by atoms with Crippen molar-refractivity contribution in [2.45, 2.75) is 31.1 Å². The molecule has 0 radical (unpaired) electrons. The van der Waals surface area contributed by atoms with E-state index in [1.165, 1.54) is 19.2 Å². The Labute approximate surface area is 170 Å². The molecule has 1 amide bonds. The number of phenols is 1. The third-order valence-electron chi connectivity index (χ3n) is 5.38. The van der Waals surface area contributed by atoms with Crippen LogP contribution in [-0.4, -0.2) is 28.8 Å². The van der Waals surface area contributed by atoms with Crippen LogP contribution in [0, 0.1) is 10.1 Å². The molecule has 0 unspecified atom stereocenters. The number of hydrogen-bond donors (Lipinski definition) is 2. The molecule has 2 N–H and O–H groups in total. The van der Waals surface area contributed by atoms with Crippen molar-refractivity contribution in [3.8, 4) is 11.5 Å². The van der Waals surface area contributed by atoms with Crippen molar-refractivity contribution in [2.24, 2.45) is 0 Å². The Hall–Kier alpha value is -3.20. The van der Waals surface area contributed by atoms with Gasteiger partial charge in [-0.3, -0.25) is 19.7 Å². The van der Waals surface area contributed by atoms with E-state index in [1.807, 2.05) is 17.5 Å². The predicted octanol–water partition coefficient (Wildman–Crippen LogP) is 3.37. The van der Waals surface area contributed by atoms with Gasteiger partial charge in [-0.25, -0.2) is 0 Å². The van der Waals surface area contributed by atoms with Gasteiger partial charge in [-0.15, -0.1) is 11.3 Å². The molecule has 8 nitrogen and oxygen atoms in total. The maximum atomic E-state index is 13.0. The fraction of sp³-hybridized carbons (Fsp3) is 0.300. The molecule has 2 atom stereocenters. The first-order valence-corrected chi connectivity index (χ1v) is 9.91. The van der Waals surface area contributed by atoms with E-state index in [9.17, 15) is 24.8 Å². The monoisotopic (exact) mass is 414 g/mol. The molecule has 0 saturated heterocycles. The topological polar surface area (TPSA) is 119 Å². The zero-order chi connectivity index (χ0) is 20.7. The van der Waals surface area contributed by atoms with Crippen molar-refractivity contribution in [3.05, 3.63) is 61.5 Å². The van der Waals surface area contributed by atoms with E-state index in [4.69, 9.17) is 4.74 Å². The maximum Gasteiger partial charge on any atom is 0.314 e. The van der Waals surface area contributed by atoms with Gasteiger partial charge in [0.2, 0.25) is 11.7 Å². The minimum Gasteiger partial charge on any atom is -0.500 e. The maximum absolute atomic E-state index is 13.0. The Kier molecular flexibility index (Phi) is 4.83. The predicted molar refractivity (Wildman–Crippen MR) is 105 cm³/mol. The van der Waals surface area contributed by atoms with Gasteiger partial charge in [0.05, 0.1) is 12.0 Å². The molecule has 1 aromatic heterocycles. The van der Waals surface area contributed by atoms with Gasteiger partial charge in [0, 0.05) is 46.9 Å². The van der Waals surface area contributed by atoms with Crippen LogP contribution in [0.5, 0.6) is 11.5 Å². The van der Waals surface area contributed by atoms with Crippen molar-refractivity contribution >= 4 is 28.7 Å². The molecule has 4 rings (SSSR count). The Morgan fingerprint density at radius 1 is 1.28 bits per heavy atom. The lowest BCUT2D eigenvalue weighted by molar-refractivity contribution is -0.386. The summed E-state index contributed by atoms with van der Waals surface area (Å²) in [5.74, 6) is -1.59. The van der Waals surface area contributed by atoms with Gasteiger partial charge in [-0.05, 0) is 29.5 Å². The number of aromatic hydroxyl groups is 1. The van der Waals surface area contributed by atoms with Crippen LogP contribution in [0.15, 0.2) is 40.9 Å². The number of nitrogens with one attached hydrogen (secondary N) is 1. The number of ether oxygens (including phenoxy) is 1. The Bertz CT molecular complexity index is 1040. The van der Waals surface area contributed by atoms with E-state index in [1.54, 1.807) is 11.3 Å². The zero-order valence-corrected chi connectivity index (χ0v) is 16.3. The molecule has 2 aromatic rings. The number of hydrogen-bond acceptors (Lipinski definition) is 7. The first kappa shape index (κ1) is 19.1. The van der Waals surface area contributed by atoms with E-state index >= 15 is 0 Å². The smallest absolute Gasteiger partial charge is 0.314 e. The van der Waals surface area contributed by atoms with Crippen molar-refractivity contribution in [3.63, 3.8) is 0 Å². The number of benzene rings is 1. The number of methoxy groups -OCH3 is 1. The van der Waals surface area contributed by atoms with Crippen molar-refractivity contribution in [1.82, 2.24) is 5.32 Å². The van der Waals surface area contributed by atoms with Gasteiger partial charge in [-0.2, -0.15) is 0 Å². The summed E-state index contributed by atoms with van der Waals surface area (Å²) >= 11 is 1.57. The van der Waals surface area contributed by atoms with Gasteiger partial charge < -0.3 is 15.2 Å². The average Bonchev–Trinajstić information content (AvgIpc) is 3.21. The lowest BCUT2D eigenvalue weighted by Gasteiger charge is -2.34. The number of amides is 1. The average molecular weight is 414 g/mol. The molecule has 9 heteroatoms. The second kappa shape index (κ2) is 7.32. The Balaban J connectivity index is 1.79. The van der Waals surface area contributed by atoms with Crippen molar-refractivity contribution < 1.29 is 24.4 Å². The number of Topliss-reactive ketones (excluding diaryl/α,β-unsaturated/α-hetero) is 1. The summed E-state index contributed by atoms with van der Waals surface area (Å²) < 4.78 is 5.07. The summed E-state index contributed by atoms with van der Waals surface area (Å²) in [7, 11) is 1.29. The molecule has 1 aliphatic heterocycles. The summed E-state index contributed by atoms with van der Waals surface area (Å²) in [5, 5.41) is 26.2. The number of rotatable bonds is 4. The molecule has 0 spiro atoms. The second-order valence-corrected chi connectivity index (χ2v) is 8.07. The zero-order valence-electron chi connectivity index (χ0n) is 15.5. The largest absolute Gasteiger partial charge is 0.500 e. The van der Waals surface area contributed by atoms with E-state index < -0.39 is 22.3 Å². The highest BCUT2D eigenvalue weighted by Gasteiger charge is 2.39. The first-order chi connectivity index (χ1) is 13.9. The highest BCUT2D eigenvalue weighted by Crippen LogP contribution is 2.46. The molecule has 0 fully saturated rings. The number of phenolic OH excluding ortho intramolecular Hbond substituents is 1. The molecule has 2 heterocycles. The number of thiophene rings is 1. The fourth-order valence-corrected chi connectivity index (χ4v) is 4.91. The minimum absolute atomic E-state index is 0.000669. The van der Waals surface area contributed by atoms with Crippen LogP contribution in [0.3, 0.4) is 0 Å². The van der Waals surface area contributed by atoms with Crippen LogP contribution in [-0.2, 0) is 9.59 Å². The molecule has 2 aliphatic rings. The molecule has 1 aliphatic carbocycles. The fourth-order valence-electron chi connectivity index (χ4n) is 4.08. The number of nitro benzene ring substituents is 1. The summed E-state index contributed by atoms with van der Waals surface area (Å²) in [5.41, 5.74) is 0.943. The number of allylic oxidation sites excluding steroid dienone is 2. The molecule has 29 heavy (non-hydrogen) atoms. The van der Waals surface area contributed by atoms with E-state index in [0.717, 1.165) is 4.88 Å².